The van der Waals surface area contributed by atoms with Crippen LogP contribution in [0.15, 0.2) is 24.0 Å². The summed E-state index contributed by atoms with van der Waals surface area (Å²) in [4.78, 5) is 39.9. The maximum atomic E-state index is 13.1. The number of rotatable bonds is 6. The fraction of sp³-hybridized carbons (Fsp3) is 0.607. The molecule has 1 aromatic rings. The molecule has 2 saturated heterocycles. The highest BCUT2D eigenvalue weighted by Crippen LogP contribution is 2.65. The Labute approximate surface area is 226 Å². The van der Waals surface area contributed by atoms with E-state index in [0.717, 1.165) is 17.7 Å². The third kappa shape index (κ3) is 3.70. The molecule has 1 unspecified atom stereocenters. The molecule has 0 radical (unpaired) electrons. The number of carbonyl (C=O) groups is 3. The summed E-state index contributed by atoms with van der Waals surface area (Å²) in [5.74, 6) is -1.50. The summed E-state index contributed by atoms with van der Waals surface area (Å²) in [6.45, 7) is 5.43. The van der Waals surface area contributed by atoms with Gasteiger partial charge in [0, 0.05) is 31.9 Å². The first-order valence-electron chi connectivity index (χ1n) is 13.3. The van der Waals surface area contributed by atoms with Crippen molar-refractivity contribution in [2.75, 3.05) is 20.7 Å². The number of methoxy groups -OCH3 is 1. The van der Waals surface area contributed by atoms with E-state index < -0.39 is 52.9 Å². The van der Waals surface area contributed by atoms with Crippen molar-refractivity contribution >= 4 is 17.8 Å². The van der Waals surface area contributed by atoms with Gasteiger partial charge in [0.2, 0.25) is 11.7 Å². The van der Waals surface area contributed by atoms with Crippen LogP contribution in [0.5, 0.6) is 11.5 Å². The molecule has 2 aliphatic carbocycles. The molecular formula is C28H34N2O9. The number of amides is 1. The Hall–Kier alpha value is -3.15. The van der Waals surface area contributed by atoms with Gasteiger partial charge in [-0.1, -0.05) is 6.07 Å². The summed E-state index contributed by atoms with van der Waals surface area (Å²) in [5, 5.41) is 14.8. The van der Waals surface area contributed by atoms with E-state index in [-0.39, 0.29) is 18.9 Å². The second-order valence-corrected chi connectivity index (χ2v) is 11.6. The van der Waals surface area contributed by atoms with E-state index in [1.807, 2.05) is 19.2 Å². The van der Waals surface area contributed by atoms with E-state index in [1.54, 1.807) is 27.0 Å². The molecule has 210 valence electrons. The lowest BCUT2D eigenvalue weighted by Gasteiger charge is -2.61. The maximum absolute atomic E-state index is 13.1. The van der Waals surface area contributed by atoms with Crippen molar-refractivity contribution < 1.29 is 43.2 Å². The van der Waals surface area contributed by atoms with Crippen LogP contribution in [0.3, 0.4) is 0 Å². The van der Waals surface area contributed by atoms with Crippen LogP contribution in [0, 0.1) is 0 Å². The number of ether oxygens (including phenoxy) is 5. The smallest absolute Gasteiger partial charge is 0.338 e. The first-order chi connectivity index (χ1) is 18.4. The minimum atomic E-state index is -1.12. The Kier molecular flexibility index (Phi) is 5.80. The first-order valence-corrected chi connectivity index (χ1v) is 13.3. The number of hydrogen-bond donors (Lipinski definition) is 2. The van der Waals surface area contributed by atoms with Crippen molar-refractivity contribution in [3.8, 4) is 11.5 Å². The molecule has 39 heavy (non-hydrogen) atoms. The van der Waals surface area contributed by atoms with Gasteiger partial charge in [0.15, 0.2) is 23.7 Å². The largest absolute Gasteiger partial charge is 0.493 e. The van der Waals surface area contributed by atoms with Crippen molar-refractivity contribution in [1.82, 2.24) is 10.2 Å². The zero-order valence-electron chi connectivity index (χ0n) is 22.7. The lowest BCUT2D eigenvalue weighted by molar-refractivity contribution is -0.170. The van der Waals surface area contributed by atoms with Gasteiger partial charge in [-0.2, -0.15) is 0 Å². The van der Waals surface area contributed by atoms with E-state index in [2.05, 4.69) is 10.2 Å². The number of nitrogens with one attached hydrogen (secondary N) is 1. The maximum Gasteiger partial charge on any atom is 0.338 e. The zero-order valence-corrected chi connectivity index (χ0v) is 22.7. The number of aliphatic hydroxyl groups is 1. The molecule has 3 heterocycles. The molecule has 2 fully saturated rings. The number of hydrogen-bond acceptors (Lipinski definition) is 10. The van der Waals surface area contributed by atoms with Crippen LogP contribution >= 0.6 is 0 Å². The molecule has 6 rings (SSSR count). The van der Waals surface area contributed by atoms with E-state index in [4.69, 9.17) is 23.7 Å². The number of nitrogens with zero attached hydrogens (tertiary/aromatic N) is 1. The van der Waals surface area contributed by atoms with Crippen molar-refractivity contribution in [2.24, 2.45) is 0 Å². The number of likely N-dealkylation sites (tertiary alicyclic amines) is 1. The molecule has 1 amide bonds. The molecule has 0 aromatic heterocycles. The highest BCUT2D eigenvalue weighted by atomic mass is 16.8. The second kappa shape index (κ2) is 8.67. The van der Waals surface area contributed by atoms with Gasteiger partial charge < -0.3 is 39.0 Å². The molecule has 2 bridgehead atoms. The van der Waals surface area contributed by atoms with Gasteiger partial charge in [0.1, 0.15) is 11.8 Å². The average Bonchev–Trinajstić information content (AvgIpc) is 3.35. The van der Waals surface area contributed by atoms with Gasteiger partial charge in [-0.05, 0) is 51.1 Å². The summed E-state index contributed by atoms with van der Waals surface area (Å²) in [7, 11) is 3.60. The molecule has 5 aliphatic rings. The monoisotopic (exact) mass is 542 g/mol. The minimum Gasteiger partial charge on any atom is -0.493 e. The molecule has 3 aliphatic heterocycles. The molecular weight excluding hydrogens is 508 g/mol. The van der Waals surface area contributed by atoms with Crippen LogP contribution in [0.4, 0.5) is 0 Å². The zero-order chi connectivity index (χ0) is 27.9. The molecule has 1 aromatic carbocycles. The fourth-order valence-corrected chi connectivity index (χ4v) is 7.17. The van der Waals surface area contributed by atoms with Gasteiger partial charge in [-0.25, -0.2) is 9.59 Å². The predicted molar refractivity (Wildman–Crippen MR) is 135 cm³/mol. The van der Waals surface area contributed by atoms with Crippen LogP contribution in [0.2, 0.25) is 0 Å². The van der Waals surface area contributed by atoms with Crippen LogP contribution in [0.25, 0.3) is 0 Å². The summed E-state index contributed by atoms with van der Waals surface area (Å²) >= 11 is 0. The van der Waals surface area contributed by atoms with Crippen molar-refractivity contribution in [2.45, 2.75) is 87.5 Å². The third-order valence-electron chi connectivity index (χ3n) is 8.91. The van der Waals surface area contributed by atoms with Crippen LogP contribution in [-0.2, 0) is 40.4 Å². The average molecular weight is 543 g/mol. The number of piperidine rings is 1. The van der Waals surface area contributed by atoms with Crippen LogP contribution in [0.1, 0.15) is 51.2 Å². The summed E-state index contributed by atoms with van der Waals surface area (Å²) in [6, 6.07) is 2.78. The first kappa shape index (κ1) is 26.1. The Morgan fingerprint density at radius 2 is 2.08 bits per heavy atom. The Morgan fingerprint density at radius 1 is 1.31 bits per heavy atom. The standard InChI is InChI=1S/C28H34N2O9/c1-14(29-20(31)13-18-25(33)39-26(2,3)38-18)24(32)36-17-8-9-28(34)19-12-15-6-7-16(35-5)22-21(15)27(28,23(17)37-22)10-11-30(19)4/h6-8,14,18-19,23,34H,9-13H2,1-5H3,(H,29,31)/t14?,18-,19+,23-,27-,28+/m0/s1. The van der Waals surface area contributed by atoms with E-state index in [1.165, 1.54) is 6.92 Å². The summed E-state index contributed by atoms with van der Waals surface area (Å²) in [6.07, 6.45) is 1.26. The lowest BCUT2D eigenvalue weighted by Crippen LogP contribution is -2.74. The highest BCUT2D eigenvalue weighted by molar-refractivity contribution is 5.88. The lowest BCUT2D eigenvalue weighted by atomic mass is 9.50. The van der Waals surface area contributed by atoms with Gasteiger partial charge in [-0.3, -0.25) is 4.79 Å². The van der Waals surface area contributed by atoms with Crippen molar-refractivity contribution in [1.29, 1.82) is 0 Å². The van der Waals surface area contributed by atoms with Crippen molar-refractivity contribution in [3.05, 3.63) is 35.1 Å². The molecule has 11 heteroatoms. The molecule has 6 atom stereocenters. The topological polar surface area (TPSA) is 133 Å². The van der Waals surface area contributed by atoms with Gasteiger partial charge in [0.05, 0.1) is 24.5 Å². The van der Waals surface area contributed by atoms with E-state index >= 15 is 0 Å². The van der Waals surface area contributed by atoms with Gasteiger partial charge in [-0.15, -0.1) is 0 Å². The number of carbonyl (C=O) groups excluding carboxylic acids is 3. The Balaban J connectivity index is 1.23. The molecule has 0 saturated carbocycles. The normalized spacial score (nSPS) is 34.3. The SMILES string of the molecule is COc1ccc2c3c1O[C@H]1C(OC(=O)C(C)NC(=O)C[C@@H]4OC(C)(C)OC4=O)=CC[C@@]4(O)[C@@H](C2)N(C)CC[C@]314. The number of cyclic esters (lactones) is 1. The number of esters is 2. The summed E-state index contributed by atoms with van der Waals surface area (Å²) in [5.41, 5.74) is 0.117. The highest BCUT2D eigenvalue weighted by Gasteiger charge is 2.72. The second-order valence-electron chi connectivity index (χ2n) is 11.6. The van der Waals surface area contributed by atoms with Gasteiger partial charge in [0.25, 0.3) is 0 Å². The number of benzene rings is 1. The van der Waals surface area contributed by atoms with Crippen LogP contribution in [-0.4, -0.2) is 84.2 Å². The minimum absolute atomic E-state index is 0.120. The van der Waals surface area contributed by atoms with Crippen LogP contribution < -0.4 is 14.8 Å². The Bertz CT molecular complexity index is 1290. The molecule has 11 nitrogen and oxygen atoms in total. The van der Waals surface area contributed by atoms with Gasteiger partial charge >= 0.3 is 11.9 Å². The fourth-order valence-electron chi connectivity index (χ4n) is 7.17. The van der Waals surface area contributed by atoms with Crippen molar-refractivity contribution in [3.63, 3.8) is 0 Å². The third-order valence-corrected chi connectivity index (χ3v) is 8.91. The van der Waals surface area contributed by atoms with E-state index in [9.17, 15) is 19.5 Å². The molecule has 2 N–H and O–H groups in total. The quantitative estimate of drug-likeness (QED) is 0.504. The number of likely N-dealkylation sites (N-methyl/N-ethyl adjacent to an activating group) is 1. The molecule has 1 spiro atoms. The predicted octanol–water partition coefficient (Wildman–Crippen LogP) is 1.09. The summed E-state index contributed by atoms with van der Waals surface area (Å²) < 4.78 is 28.5. The Morgan fingerprint density at radius 3 is 2.77 bits per heavy atom. The van der Waals surface area contributed by atoms with E-state index in [0.29, 0.717) is 30.1 Å².